The van der Waals surface area contributed by atoms with Gasteiger partial charge in [-0.1, -0.05) is 23.2 Å². The van der Waals surface area contributed by atoms with Crippen LogP contribution in [0.1, 0.15) is 12.8 Å². The zero-order chi connectivity index (χ0) is 15.6. The third kappa shape index (κ3) is 3.40. The van der Waals surface area contributed by atoms with E-state index in [0.29, 0.717) is 18.8 Å². The van der Waals surface area contributed by atoms with Crippen LogP contribution in [0.15, 0.2) is 12.1 Å². The maximum atomic E-state index is 10.8. The first kappa shape index (κ1) is 16.3. The lowest BCUT2D eigenvalue weighted by Gasteiger charge is -2.40. The number of benzene rings is 1. The van der Waals surface area contributed by atoms with Crippen LogP contribution in [0.4, 0.5) is 11.4 Å². The fourth-order valence-electron chi connectivity index (χ4n) is 2.68. The Kier molecular flexibility index (Phi) is 5.27. The van der Waals surface area contributed by atoms with Crippen molar-refractivity contribution in [3.05, 3.63) is 32.3 Å². The molecule has 2 N–H and O–H groups in total. The number of hydrogen-bond acceptors (Lipinski definition) is 5. The van der Waals surface area contributed by atoms with Crippen LogP contribution >= 0.6 is 23.2 Å². The largest absolute Gasteiger partial charge is 0.381 e. The molecule has 1 heterocycles. The molecule has 1 aromatic rings. The number of non-ortho nitro benzene ring substituents is 1. The van der Waals surface area contributed by atoms with Crippen LogP contribution in [0, 0.1) is 10.1 Å². The molecule has 2 atom stereocenters. The third-order valence-electron chi connectivity index (χ3n) is 3.77. The van der Waals surface area contributed by atoms with Gasteiger partial charge in [0.1, 0.15) is 0 Å². The number of rotatable bonds is 4. The van der Waals surface area contributed by atoms with Gasteiger partial charge >= 0.3 is 0 Å². The van der Waals surface area contributed by atoms with E-state index < -0.39 is 4.92 Å². The zero-order valence-electron chi connectivity index (χ0n) is 11.6. The van der Waals surface area contributed by atoms with Crippen molar-refractivity contribution in [2.75, 3.05) is 25.1 Å². The Morgan fingerprint density at radius 3 is 2.57 bits per heavy atom. The molecule has 1 fully saturated rings. The minimum atomic E-state index is -0.515. The summed E-state index contributed by atoms with van der Waals surface area (Å²) in [6.45, 7) is 1.13. The predicted octanol–water partition coefficient (Wildman–Crippen LogP) is 2.84. The Labute approximate surface area is 132 Å². The number of ether oxygens (including phenoxy) is 1. The monoisotopic (exact) mass is 333 g/mol. The predicted molar refractivity (Wildman–Crippen MR) is 83.3 cm³/mol. The number of piperidine rings is 1. The Bertz CT molecular complexity index is 518. The lowest BCUT2D eigenvalue weighted by molar-refractivity contribution is -0.384. The maximum Gasteiger partial charge on any atom is 0.272 e. The van der Waals surface area contributed by atoms with Crippen LogP contribution in [0.2, 0.25) is 10.0 Å². The van der Waals surface area contributed by atoms with E-state index in [9.17, 15) is 10.1 Å². The van der Waals surface area contributed by atoms with Crippen LogP contribution in [0.25, 0.3) is 0 Å². The van der Waals surface area contributed by atoms with Crippen molar-refractivity contribution < 1.29 is 9.66 Å². The van der Waals surface area contributed by atoms with Gasteiger partial charge in [-0.25, -0.2) is 0 Å². The number of nitro benzene ring substituents is 1. The minimum Gasteiger partial charge on any atom is -0.381 e. The first-order chi connectivity index (χ1) is 9.97. The fourth-order valence-corrected chi connectivity index (χ4v) is 3.37. The van der Waals surface area contributed by atoms with Crippen molar-refractivity contribution in [3.63, 3.8) is 0 Å². The van der Waals surface area contributed by atoms with Crippen molar-refractivity contribution in [2.45, 2.75) is 25.0 Å². The summed E-state index contributed by atoms with van der Waals surface area (Å²) in [5.41, 5.74) is 6.32. The molecule has 0 spiro atoms. The highest BCUT2D eigenvalue weighted by Gasteiger charge is 2.31. The molecule has 1 aromatic carbocycles. The Balaban J connectivity index is 2.35. The van der Waals surface area contributed by atoms with E-state index in [0.717, 1.165) is 12.8 Å². The molecular formula is C13H17Cl2N3O3. The lowest BCUT2D eigenvalue weighted by Crippen LogP contribution is -2.49. The Morgan fingerprint density at radius 2 is 2.10 bits per heavy atom. The van der Waals surface area contributed by atoms with E-state index in [1.165, 1.54) is 12.1 Å². The van der Waals surface area contributed by atoms with Crippen LogP contribution in [0.3, 0.4) is 0 Å². The molecule has 0 aromatic heterocycles. The van der Waals surface area contributed by atoms with Crippen LogP contribution in [0.5, 0.6) is 0 Å². The van der Waals surface area contributed by atoms with Crippen LogP contribution in [-0.4, -0.2) is 37.3 Å². The fraction of sp³-hybridized carbons (Fsp3) is 0.538. The normalized spacial score (nSPS) is 22.4. The standard InChI is InChI=1S/C13H17Cl2N3O3/c1-21-10-2-3-17(9(4-10)7-16)13-11(14)5-8(18(19)20)6-12(13)15/h5-6,9-10H,2-4,7,16H2,1H3. The van der Waals surface area contributed by atoms with Gasteiger partial charge in [0.15, 0.2) is 0 Å². The number of anilines is 1. The number of hydrogen-bond donors (Lipinski definition) is 1. The van der Waals surface area contributed by atoms with E-state index in [4.69, 9.17) is 33.7 Å². The van der Waals surface area contributed by atoms with Crippen molar-refractivity contribution in [1.82, 2.24) is 0 Å². The molecule has 1 aliphatic rings. The van der Waals surface area contributed by atoms with Crippen molar-refractivity contribution in [2.24, 2.45) is 5.73 Å². The van der Waals surface area contributed by atoms with E-state index in [2.05, 4.69) is 0 Å². The van der Waals surface area contributed by atoms with E-state index in [-0.39, 0.29) is 27.9 Å². The lowest BCUT2D eigenvalue weighted by atomic mass is 9.98. The molecule has 0 saturated carbocycles. The van der Waals surface area contributed by atoms with Crippen LogP contribution in [-0.2, 0) is 4.74 Å². The molecule has 0 amide bonds. The highest BCUT2D eigenvalue weighted by Crippen LogP contribution is 2.40. The first-order valence-electron chi connectivity index (χ1n) is 6.60. The number of nitrogens with zero attached hydrogens (tertiary/aromatic N) is 2. The van der Waals surface area contributed by atoms with Gasteiger partial charge in [0.2, 0.25) is 0 Å². The van der Waals surface area contributed by atoms with E-state index in [1.807, 2.05) is 4.90 Å². The van der Waals surface area contributed by atoms with Crippen molar-refractivity contribution >= 4 is 34.6 Å². The van der Waals surface area contributed by atoms with Gasteiger partial charge < -0.3 is 15.4 Å². The molecule has 21 heavy (non-hydrogen) atoms. The number of methoxy groups -OCH3 is 1. The van der Waals surface area contributed by atoms with Crippen molar-refractivity contribution in [1.29, 1.82) is 0 Å². The van der Waals surface area contributed by atoms with Gasteiger partial charge in [-0.2, -0.15) is 0 Å². The van der Waals surface area contributed by atoms with E-state index in [1.54, 1.807) is 7.11 Å². The van der Waals surface area contributed by atoms with Gasteiger partial charge in [-0.05, 0) is 12.8 Å². The maximum absolute atomic E-state index is 10.8. The van der Waals surface area contributed by atoms with Gasteiger partial charge in [0.25, 0.3) is 5.69 Å². The summed E-state index contributed by atoms with van der Waals surface area (Å²) >= 11 is 12.4. The smallest absolute Gasteiger partial charge is 0.272 e. The quantitative estimate of drug-likeness (QED) is 0.676. The van der Waals surface area contributed by atoms with Crippen molar-refractivity contribution in [3.8, 4) is 0 Å². The molecule has 116 valence electrons. The molecule has 2 rings (SSSR count). The van der Waals surface area contributed by atoms with Gasteiger partial charge in [0, 0.05) is 38.4 Å². The summed E-state index contributed by atoms with van der Waals surface area (Å²) in [4.78, 5) is 12.3. The Hall–Kier alpha value is -1.08. The summed E-state index contributed by atoms with van der Waals surface area (Å²) < 4.78 is 5.38. The number of halogens is 2. The Morgan fingerprint density at radius 1 is 1.48 bits per heavy atom. The zero-order valence-corrected chi connectivity index (χ0v) is 13.1. The summed E-state index contributed by atoms with van der Waals surface area (Å²) in [5, 5.41) is 11.4. The second-order valence-electron chi connectivity index (χ2n) is 4.98. The highest BCUT2D eigenvalue weighted by molar-refractivity contribution is 6.39. The van der Waals surface area contributed by atoms with Gasteiger partial charge in [-0.3, -0.25) is 10.1 Å². The molecular weight excluding hydrogens is 317 g/mol. The summed E-state index contributed by atoms with van der Waals surface area (Å²) in [7, 11) is 1.68. The topological polar surface area (TPSA) is 81.6 Å². The second kappa shape index (κ2) is 6.79. The average molecular weight is 334 g/mol. The highest BCUT2D eigenvalue weighted by atomic mass is 35.5. The van der Waals surface area contributed by atoms with E-state index >= 15 is 0 Å². The minimum absolute atomic E-state index is 0.0418. The molecule has 8 heteroatoms. The summed E-state index contributed by atoms with van der Waals surface area (Å²) in [5.74, 6) is 0. The molecule has 0 radical (unpaired) electrons. The number of nitrogens with two attached hydrogens (primary N) is 1. The molecule has 1 aliphatic heterocycles. The number of nitro groups is 1. The van der Waals surface area contributed by atoms with Crippen LogP contribution < -0.4 is 10.6 Å². The van der Waals surface area contributed by atoms with Gasteiger partial charge in [-0.15, -0.1) is 0 Å². The first-order valence-corrected chi connectivity index (χ1v) is 7.36. The summed E-state index contributed by atoms with van der Waals surface area (Å²) in [6.07, 6.45) is 1.76. The molecule has 0 aliphatic carbocycles. The third-order valence-corrected chi connectivity index (χ3v) is 4.35. The molecule has 2 unspecified atom stereocenters. The second-order valence-corrected chi connectivity index (χ2v) is 5.79. The summed E-state index contributed by atoms with van der Waals surface area (Å²) in [6, 6.07) is 2.68. The molecule has 1 saturated heterocycles. The molecule has 0 bridgehead atoms. The molecule has 6 nitrogen and oxygen atoms in total. The van der Waals surface area contributed by atoms with Gasteiger partial charge in [0.05, 0.1) is 26.8 Å². The SMILES string of the molecule is COC1CCN(c2c(Cl)cc([N+](=O)[O-])cc2Cl)C(CN)C1. The average Bonchev–Trinajstić information content (AvgIpc) is 2.46.